The molecule has 13 heavy (non-hydrogen) atoms. The summed E-state index contributed by atoms with van der Waals surface area (Å²) in [5.74, 6) is 0. The van der Waals surface area contributed by atoms with Gasteiger partial charge in [-0.15, -0.1) is 0 Å². The summed E-state index contributed by atoms with van der Waals surface area (Å²) in [6.07, 6.45) is 0. The van der Waals surface area contributed by atoms with Gasteiger partial charge < -0.3 is 10.1 Å². The average molecular weight is 183 g/mol. The number of methoxy groups -OCH3 is 1. The van der Waals surface area contributed by atoms with Gasteiger partial charge in [0.15, 0.2) is 0 Å². The smallest absolute Gasteiger partial charge is 0.139 e. The van der Waals surface area contributed by atoms with Crippen molar-refractivity contribution >= 4 is 0 Å². The molecule has 0 aliphatic rings. The summed E-state index contributed by atoms with van der Waals surface area (Å²) < 4.78 is 6.91. The fourth-order valence-electron chi connectivity index (χ4n) is 1.41. The maximum Gasteiger partial charge on any atom is 0.139 e. The normalized spacial score (nSPS) is 10.8. The van der Waals surface area contributed by atoms with Crippen LogP contribution in [0.3, 0.4) is 0 Å². The summed E-state index contributed by atoms with van der Waals surface area (Å²) in [7, 11) is 3.61. The Morgan fingerprint density at radius 1 is 1.46 bits per heavy atom. The van der Waals surface area contributed by atoms with Gasteiger partial charge in [-0.05, 0) is 20.9 Å². The summed E-state index contributed by atoms with van der Waals surface area (Å²) in [6.45, 7) is 5.47. The predicted octanol–water partition coefficient (Wildman–Crippen LogP) is 0.823. The molecular weight excluding hydrogens is 166 g/mol. The first kappa shape index (κ1) is 10.2. The van der Waals surface area contributed by atoms with Gasteiger partial charge in [0.05, 0.1) is 5.69 Å². The maximum absolute atomic E-state index is 5.04. The highest BCUT2D eigenvalue weighted by Crippen LogP contribution is 2.12. The Labute approximate surface area is 78.9 Å². The molecule has 0 aliphatic heterocycles. The maximum atomic E-state index is 5.04. The van der Waals surface area contributed by atoms with Gasteiger partial charge in [0.1, 0.15) is 6.73 Å². The Morgan fingerprint density at radius 2 is 2.15 bits per heavy atom. The number of aryl methyl sites for hydroxylation is 1. The van der Waals surface area contributed by atoms with Crippen LogP contribution in [0.1, 0.15) is 17.0 Å². The van der Waals surface area contributed by atoms with Gasteiger partial charge in [-0.25, -0.2) is 4.68 Å². The van der Waals surface area contributed by atoms with Crippen molar-refractivity contribution in [1.29, 1.82) is 0 Å². The van der Waals surface area contributed by atoms with Crippen LogP contribution in [-0.2, 0) is 18.0 Å². The van der Waals surface area contributed by atoms with Gasteiger partial charge in [-0.2, -0.15) is 5.10 Å². The van der Waals surface area contributed by atoms with Gasteiger partial charge in [-0.1, -0.05) is 0 Å². The molecular formula is C9H17N3O. The predicted molar refractivity (Wildman–Crippen MR) is 51.5 cm³/mol. The molecule has 0 saturated heterocycles. The van der Waals surface area contributed by atoms with Crippen LogP contribution < -0.4 is 5.32 Å². The second kappa shape index (κ2) is 4.39. The zero-order valence-corrected chi connectivity index (χ0v) is 8.72. The third-order valence-corrected chi connectivity index (χ3v) is 2.14. The van der Waals surface area contributed by atoms with Gasteiger partial charge >= 0.3 is 0 Å². The van der Waals surface area contributed by atoms with Gasteiger partial charge in [0, 0.05) is 24.9 Å². The zero-order chi connectivity index (χ0) is 9.84. The van der Waals surface area contributed by atoms with Crippen molar-refractivity contribution in [3.05, 3.63) is 17.0 Å². The Hall–Kier alpha value is -0.870. The monoisotopic (exact) mass is 183 g/mol. The van der Waals surface area contributed by atoms with E-state index in [-0.39, 0.29) is 0 Å². The lowest BCUT2D eigenvalue weighted by Gasteiger charge is -2.03. The van der Waals surface area contributed by atoms with Crippen molar-refractivity contribution in [3.8, 4) is 0 Å². The first-order chi connectivity index (χ1) is 6.20. The molecule has 0 amide bonds. The lowest BCUT2D eigenvalue weighted by atomic mass is 10.2. The van der Waals surface area contributed by atoms with Crippen LogP contribution in [0.4, 0.5) is 0 Å². The highest BCUT2D eigenvalue weighted by molar-refractivity contribution is 5.23. The summed E-state index contributed by atoms with van der Waals surface area (Å²) in [6, 6.07) is 0. The van der Waals surface area contributed by atoms with E-state index in [9.17, 15) is 0 Å². The lowest BCUT2D eigenvalue weighted by molar-refractivity contribution is 0.118. The van der Waals surface area contributed by atoms with E-state index < -0.39 is 0 Å². The summed E-state index contributed by atoms with van der Waals surface area (Å²) in [4.78, 5) is 0. The molecule has 1 N–H and O–H groups in total. The molecule has 0 atom stereocenters. The number of hydrogen-bond acceptors (Lipinski definition) is 3. The van der Waals surface area contributed by atoms with E-state index in [0.717, 1.165) is 12.2 Å². The molecule has 1 aromatic rings. The molecule has 1 rings (SSSR count). The molecule has 1 heterocycles. The molecule has 0 bridgehead atoms. The van der Waals surface area contributed by atoms with Crippen molar-refractivity contribution < 1.29 is 4.74 Å². The van der Waals surface area contributed by atoms with Crippen LogP contribution in [0.2, 0.25) is 0 Å². The fraction of sp³-hybridized carbons (Fsp3) is 0.667. The molecule has 0 radical (unpaired) electrons. The molecule has 1 aromatic heterocycles. The first-order valence-electron chi connectivity index (χ1n) is 4.37. The Bertz CT molecular complexity index is 281. The van der Waals surface area contributed by atoms with Crippen molar-refractivity contribution in [2.45, 2.75) is 27.1 Å². The van der Waals surface area contributed by atoms with Gasteiger partial charge in [0.25, 0.3) is 0 Å². The lowest BCUT2D eigenvalue weighted by Crippen LogP contribution is -2.08. The van der Waals surface area contributed by atoms with Crippen molar-refractivity contribution in [2.75, 3.05) is 14.2 Å². The number of hydrogen-bond donors (Lipinski definition) is 1. The average Bonchev–Trinajstić information content (AvgIpc) is 2.34. The molecule has 4 nitrogen and oxygen atoms in total. The minimum Gasteiger partial charge on any atom is -0.362 e. The largest absolute Gasteiger partial charge is 0.362 e. The van der Waals surface area contributed by atoms with Crippen LogP contribution >= 0.6 is 0 Å². The van der Waals surface area contributed by atoms with E-state index in [1.165, 1.54) is 11.3 Å². The van der Waals surface area contributed by atoms with Crippen molar-refractivity contribution in [3.63, 3.8) is 0 Å². The van der Waals surface area contributed by atoms with Gasteiger partial charge in [-0.3, -0.25) is 0 Å². The van der Waals surface area contributed by atoms with E-state index in [1.807, 2.05) is 18.7 Å². The van der Waals surface area contributed by atoms with Crippen molar-refractivity contribution in [1.82, 2.24) is 15.1 Å². The number of ether oxygens (including phenoxy) is 1. The Morgan fingerprint density at radius 3 is 2.69 bits per heavy atom. The first-order valence-corrected chi connectivity index (χ1v) is 4.37. The highest BCUT2D eigenvalue weighted by Gasteiger charge is 2.09. The number of nitrogens with zero attached hydrogens (tertiary/aromatic N) is 2. The third kappa shape index (κ3) is 2.08. The third-order valence-electron chi connectivity index (χ3n) is 2.14. The van der Waals surface area contributed by atoms with Crippen LogP contribution in [0.5, 0.6) is 0 Å². The Balaban J connectivity index is 2.92. The molecule has 74 valence electrons. The van der Waals surface area contributed by atoms with Crippen LogP contribution in [0.15, 0.2) is 0 Å². The second-order valence-corrected chi connectivity index (χ2v) is 3.10. The molecule has 0 unspecified atom stereocenters. The van der Waals surface area contributed by atoms with E-state index in [2.05, 4.69) is 17.3 Å². The van der Waals surface area contributed by atoms with Crippen LogP contribution in [0.25, 0.3) is 0 Å². The SMILES string of the molecule is CNCc1c(C)nn(COC)c1C. The minimum absolute atomic E-state index is 0.524. The van der Waals surface area contributed by atoms with E-state index in [4.69, 9.17) is 4.74 Å². The topological polar surface area (TPSA) is 39.1 Å². The summed E-state index contributed by atoms with van der Waals surface area (Å²) in [5.41, 5.74) is 3.51. The van der Waals surface area contributed by atoms with E-state index >= 15 is 0 Å². The molecule has 0 aliphatic carbocycles. The second-order valence-electron chi connectivity index (χ2n) is 3.10. The van der Waals surface area contributed by atoms with Crippen molar-refractivity contribution in [2.24, 2.45) is 0 Å². The summed E-state index contributed by atoms with van der Waals surface area (Å²) in [5, 5.41) is 7.50. The van der Waals surface area contributed by atoms with Gasteiger partial charge in [0.2, 0.25) is 0 Å². The minimum atomic E-state index is 0.524. The molecule has 0 spiro atoms. The number of nitrogens with one attached hydrogen (secondary N) is 1. The fourth-order valence-corrected chi connectivity index (χ4v) is 1.41. The quantitative estimate of drug-likeness (QED) is 0.751. The number of aromatic nitrogens is 2. The molecule has 0 aromatic carbocycles. The standard InChI is InChI=1S/C9H17N3O/c1-7-9(5-10-3)8(2)12(11-7)6-13-4/h10H,5-6H2,1-4H3. The van der Waals surface area contributed by atoms with E-state index in [1.54, 1.807) is 7.11 Å². The van der Waals surface area contributed by atoms with Crippen LogP contribution in [-0.4, -0.2) is 23.9 Å². The molecule has 0 saturated carbocycles. The summed E-state index contributed by atoms with van der Waals surface area (Å²) >= 11 is 0. The molecule has 4 heteroatoms. The number of rotatable bonds is 4. The van der Waals surface area contributed by atoms with Crippen LogP contribution in [0, 0.1) is 13.8 Å². The Kier molecular flexibility index (Phi) is 3.45. The van der Waals surface area contributed by atoms with E-state index in [0.29, 0.717) is 6.73 Å². The highest BCUT2D eigenvalue weighted by atomic mass is 16.5. The molecule has 0 fully saturated rings. The zero-order valence-electron chi connectivity index (χ0n) is 8.72.